The zero-order valence-electron chi connectivity index (χ0n) is 26.9. The van der Waals surface area contributed by atoms with E-state index in [-0.39, 0.29) is 35.1 Å². The van der Waals surface area contributed by atoms with E-state index in [1.165, 1.54) is 18.2 Å². The van der Waals surface area contributed by atoms with Crippen LogP contribution in [0.5, 0.6) is 0 Å². The summed E-state index contributed by atoms with van der Waals surface area (Å²) in [6.07, 6.45) is -1.89. The standard InChI is InChI=1S/C30H39FN8O10/c1-12(2)25(39-27(45)18(6-7-21(33)41)37-26(44)17(32)9-22(34)42)29(47)38-19(10-23(35)43)28(46)36-14-4-5-15-16(11-31)24(13(3)40)30(48)49-20(15)8-14/h4-5,8,12,17-19,25H,6-7,9-11,32H2,1-3H3,(H2,33,41)(H2,34,42)(H2,35,43)(H,36,46)(H,37,44)(H,38,47)(H,39,45)/t17-,18-,19-,25-/m0/s1. The van der Waals surface area contributed by atoms with Crippen molar-refractivity contribution < 1.29 is 47.2 Å². The van der Waals surface area contributed by atoms with E-state index in [2.05, 4.69) is 21.3 Å². The summed E-state index contributed by atoms with van der Waals surface area (Å²) in [5.74, 6) is -7.79. The number of halogens is 1. The maximum atomic E-state index is 13.8. The number of primary amides is 3. The van der Waals surface area contributed by atoms with Gasteiger partial charge in [0, 0.05) is 29.1 Å². The number of nitrogens with one attached hydrogen (secondary N) is 4. The van der Waals surface area contributed by atoms with E-state index >= 15 is 0 Å². The SMILES string of the molecule is CC(=O)c1c(CF)c2ccc(NC(=O)[C@H](CC(N)=O)NC(=O)[C@@H](NC(=O)[C@H](CCC(N)=O)NC(=O)[C@@H](N)CC(N)=O)C(C)C)cc2oc1=O. The fraction of sp³-hybridized carbons (Fsp3) is 0.433. The van der Waals surface area contributed by atoms with E-state index < -0.39 is 108 Å². The largest absolute Gasteiger partial charge is 0.422 e. The fourth-order valence-corrected chi connectivity index (χ4v) is 4.67. The molecule has 0 aliphatic rings. The molecule has 0 spiro atoms. The Morgan fingerprint density at radius 1 is 0.816 bits per heavy atom. The van der Waals surface area contributed by atoms with Crippen molar-refractivity contribution in [3.8, 4) is 0 Å². The highest BCUT2D eigenvalue weighted by Gasteiger charge is 2.33. The summed E-state index contributed by atoms with van der Waals surface area (Å²) in [7, 11) is 0. The van der Waals surface area contributed by atoms with Crippen molar-refractivity contribution in [1.82, 2.24) is 16.0 Å². The second kappa shape index (κ2) is 17.4. The van der Waals surface area contributed by atoms with E-state index in [4.69, 9.17) is 27.4 Å². The van der Waals surface area contributed by atoms with Gasteiger partial charge in [0.2, 0.25) is 41.4 Å². The van der Waals surface area contributed by atoms with E-state index in [0.717, 1.165) is 6.92 Å². The minimum absolute atomic E-state index is 0.000965. The van der Waals surface area contributed by atoms with Crippen molar-refractivity contribution in [1.29, 1.82) is 0 Å². The van der Waals surface area contributed by atoms with Gasteiger partial charge in [-0.15, -0.1) is 0 Å². The predicted molar refractivity (Wildman–Crippen MR) is 171 cm³/mol. The van der Waals surface area contributed by atoms with Crippen LogP contribution in [0, 0.1) is 5.92 Å². The Kier molecular flexibility index (Phi) is 14.0. The predicted octanol–water partition coefficient (Wildman–Crippen LogP) is -2.14. The van der Waals surface area contributed by atoms with Crippen LogP contribution < -0.4 is 49.8 Å². The first kappa shape index (κ1) is 39.5. The van der Waals surface area contributed by atoms with Crippen LogP contribution in [0.1, 0.15) is 62.4 Å². The minimum Gasteiger partial charge on any atom is -0.422 e. The van der Waals surface area contributed by atoms with Crippen molar-refractivity contribution >= 4 is 63.8 Å². The number of ketones is 1. The highest BCUT2D eigenvalue weighted by molar-refractivity contribution is 6.03. The fourth-order valence-electron chi connectivity index (χ4n) is 4.67. The molecule has 0 saturated heterocycles. The molecule has 7 amide bonds. The first-order chi connectivity index (χ1) is 22.9. The molecule has 0 bridgehead atoms. The van der Waals surface area contributed by atoms with Gasteiger partial charge in [-0.2, -0.15) is 0 Å². The molecule has 0 aliphatic heterocycles. The second-order valence-electron chi connectivity index (χ2n) is 11.4. The Balaban J connectivity index is 2.30. The number of Topliss-reactive ketones (excluding diaryl/α,β-unsaturated/α-hetero) is 1. The Bertz CT molecular complexity index is 1710. The smallest absolute Gasteiger partial charge is 0.347 e. The average Bonchev–Trinajstić information content (AvgIpc) is 2.99. The Labute approximate surface area is 278 Å². The number of carbonyl (C=O) groups excluding carboxylic acids is 8. The zero-order valence-corrected chi connectivity index (χ0v) is 26.9. The minimum atomic E-state index is -1.59. The van der Waals surface area contributed by atoms with E-state index in [1.807, 2.05) is 0 Å². The molecular formula is C30H39FN8O10. The molecule has 12 N–H and O–H groups in total. The molecule has 1 aromatic carbocycles. The second-order valence-corrected chi connectivity index (χ2v) is 11.4. The van der Waals surface area contributed by atoms with E-state index in [0.29, 0.717) is 0 Å². The summed E-state index contributed by atoms with van der Waals surface area (Å²) in [5, 5.41) is 9.60. The van der Waals surface area contributed by atoms with Gasteiger partial charge in [-0.05, 0) is 31.4 Å². The van der Waals surface area contributed by atoms with Crippen LogP contribution in [0.15, 0.2) is 27.4 Å². The van der Waals surface area contributed by atoms with E-state index in [1.54, 1.807) is 13.8 Å². The lowest BCUT2D eigenvalue weighted by Crippen LogP contribution is -2.59. The summed E-state index contributed by atoms with van der Waals surface area (Å²) in [5.41, 5.74) is 19.3. The van der Waals surface area contributed by atoms with Crippen LogP contribution in [-0.2, 0) is 40.2 Å². The molecule has 0 unspecified atom stereocenters. The molecule has 0 radical (unpaired) electrons. The monoisotopic (exact) mass is 690 g/mol. The molecule has 4 atom stereocenters. The van der Waals surface area contributed by atoms with Gasteiger partial charge in [-0.25, -0.2) is 9.18 Å². The molecular weight excluding hydrogens is 651 g/mol. The molecule has 19 heteroatoms. The van der Waals surface area contributed by atoms with E-state index in [9.17, 15) is 47.5 Å². The number of anilines is 1. The molecule has 2 rings (SSSR count). The third kappa shape index (κ3) is 11.2. The van der Waals surface area contributed by atoms with Gasteiger partial charge in [0.05, 0.1) is 18.9 Å². The molecule has 1 heterocycles. The topological polar surface area (TPSA) is 319 Å². The number of nitrogens with two attached hydrogens (primary N) is 4. The van der Waals surface area contributed by atoms with Crippen LogP contribution in [0.3, 0.4) is 0 Å². The van der Waals surface area contributed by atoms with Gasteiger partial charge >= 0.3 is 5.63 Å². The lowest BCUT2D eigenvalue weighted by atomic mass is 10.0. The van der Waals surface area contributed by atoms with Crippen LogP contribution in [0.4, 0.5) is 10.1 Å². The molecule has 18 nitrogen and oxygen atoms in total. The number of benzene rings is 1. The lowest BCUT2D eigenvalue weighted by Gasteiger charge is -2.27. The van der Waals surface area contributed by atoms with Crippen LogP contribution >= 0.6 is 0 Å². The summed E-state index contributed by atoms with van der Waals surface area (Å²) in [6, 6.07) is -2.03. The van der Waals surface area contributed by atoms with Crippen molar-refractivity contribution in [2.45, 2.75) is 77.3 Å². The molecule has 2 aromatic rings. The number of fused-ring (bicyclic) bond motifs is 1. The maximum absolute atomic E-state index is 13.8. The Morgan fingerprint density at radius 3 is 1.96 bits per heavy atom. The van der Waals surface area contributed by atoms with Crippen LogP contribution in [0.2, 0.25) is 0 Å². The number of amides is 7. The normalized spacial score (nSPS) is 13.4. The van der Waals surface area contributed by atoms with Crippen molar-refractivity contribution in [2.75, 3.05) is 5.32 Å². The molecule has 0 saturated carbocycles. The van der Waals surface area contributed by atoms with Gasteiger partial charge in [-0.1, -0.05) is 13.8 Å². The number of hydrogen-bond donors (Lipinski definition) is 8. The molecule has 1 aromatic heterocycles. The van der Waals surface area contributed by atoms with Gasteiger partial charge in [0.1, 0.15) is 35.9 Å². The van der Waals surface area contributed by atoms with Gasteiger partial charge in [0.15, 0.2) is 5.78 Å². The number of alkyl halides is 1. The quantitative estimate of drug-likeness (QED) is 0.0616. The third-order valence-corrected chi connectivity index (χ3v) is 7.12. The molecule has 266 valence electrons. The summed E-state index contributed by atoms with van der Waals surface area (Å²) in [4.78, 5) is 111. The van der Waals surface area contributed by atoms with Crippen molar-refractivity contribution in [2.24, 2.45) is 28.9 Å². The average molecular weight is 691 g/mol. The Morgan fingerprint density at radius 2 is 1.43 bits per heavy atom. The zero-order chi connectivity index (χ0) is 37.2. The first-order valence-electron chi connectivity index (χ1n) is 14.8. The molecule has 0 fully saturated rings. The van der Waals surface area contributed by atoms with Gasteiger partial charge in [-0.3, -0.25) is 38.4 Å². The van der Waals surface area contributed by atoms with Crippen LogP contribution in [-0.4, -0.2) is 71.3 Å². The maximum Gasteiger partial charge on any atom is 0.347 e. The summed E-state index contributed by atoms with van der Waals surface area (Å²) < 4.78 is 18.9. The van der Waals surface area contributed by atoms with Crippen LogP contribution in [0.25, 0.3) is 11.0 Å². The lowest BCUT2D eigenvalue weighted by molar-refractivity contribution is -0.135. The highest BCUT2D eigenvalue weighted by Crippen LogP contribution is 2.25. The molecule has 49 heavy (non-hydrogen) atoms. The number of hydrogen-bond acceptors (Lipinski definition) is 11. The molecule has 0 aliphatic carbocycles. The Hall–Kier alpha value is -5.72. The highest BCUT2D eigenvalue weighted by atomic mass is 19.1. The van der Waals surface area contributed by atoms with Crippen molar-refractivity contribution in [3.05, 3.63) is 39.7 Å². The van der Waals surface area contributed by atoms with Gasteiger partial charge < -0.3 is 48.6 Å². The van der Waals surface area contributed by atoms with Gasteiger partial charge in [0.25, 0.3) is 0 Å². The van der Waals surface area contributed by atoms with Crippen molar-refractivity contribution in [3.63, 3.8) is 0 Å². The third-order valence-electron chi connectivity index (χ3n) is 7.12. The summed E-state index contributed by atoms with van der Waals surface area (Å²) >= 11 is 0. The first-order valence-corrected chi connectivity index (χ1v) is 14.8. The summed E-state index contributed by atoms with van der Waals surface area (Å²) in [6.45, 7) is 3.02. The number of rotatable bonds is 18. The number of carbonyl (C=O) groups is 8.